The molecule has 1 fully saturated rings. The lowest BCUT2D eigenvalue weighted by Gasteiger charge is -2.32. The summed E-state index contributed by atoms with van der Waals surface area (Å²) in [6, 6.07) is 12.0. The van der Waals surface area contributed by atoms with Crippen LogP contribution in [-0.2, 0) is 30.8 Å². The Labute approximate surface area is 242 Å². The largest absolute Gasteiger partial charge is 0.494 e. The minimum absolute atomic E-state index is 0.0443. The average molecular weight is 592 g/mol. The smallest absolute Gasteiger partial charge is 0.330 e. The van der Waals surface area contributed by atoms with Crippen molar-refractivity contribution < 1.29 is 27.5 Å². The molecule has 0 unspecified atom stereocenters. The Kier molecular flexibility index (Phi) is 11.0. The first-order chi connectivity index (χ1) is 18.8. The molecule has 1 N–H and O–H groups in total. The van der Waals surface area contributed by atoms with E-state index in [9.17, 15) is 18.0 Å². The van der Waals surface area contributed by atoms with E-state index in [2.05, 4.69) is 10.2 Å². The van der Waals surface area contributed by atoms with Crippen molar-refractivity contribution in [2.45, 2.75) is 62.4 Å². The van der Waals surface area contributed by atoms with E-state index in [0.29, 0.717) is 23.7 Å². The zero-order valence-corrected chi connectivity index (χ0v) is 25.8. The van der Waals surface area contributed by atoms with Crippen LogP contribution in [0.3, 0.4) is 0 Å². The van der Waals surface area contributed by atoms with Gasteiger partial charge >= 0.3 is 5.97 Å². The second kappa shape index (κ2) is 13.8. The monoisotopic (exact) mass is 591 g/mol. The molecule has 11 heteroatoms. The van der Waals surface area contributed by atoms with Gasteiger partial charge in [-0.05, 0) is 78.0 Å². The van der Waals surface area contributed by atoms with Gasteiger partial charge in [0.1, 0.15) is 17.2 Å². The molecule has 1 saturated heterocycles. The van der Waals surface area contributed by atoms with Gasteiger partial charge in [0.15, 0.2) is 0 Å². The van der Waals surface area contributed by atoms with Gasteiger partial charge < -0.3 is 14.4 Å². The summed E-state index contributed by atoms with van der Waals surface area (Å²) in [5, 5.41) is 2.38. The van der Waals surface area contributed by atoms with Crippen LogP contribution in [0.1, 0.15) is 38.3 Å². The fourth-order valence-corrected chi connectivity index (χ4v) is 7.20. The molecule has 0 aliphatic carbocycles. The maximum absolute atomic E-state index is 14.0. The summed E-state index contributed by atoms with van der Waals surface area (Å²) in [7, 11) is -0.395. The van der Waals surface area contributed by atoms with Crippen molar-refractivity contribution in [1.29, 1.82) is 0 Å². The highest BCUT2D eigenvalue weighted by Gasteiger charge is 2.46. The molecule has 1 heterocycles. The van der Waals surface area contributed by atoms with E-state index in [1.165, 1.54) is 23.9 Å². The lowest BCUT2D eigenvalue weighted by molar-refractivity contribution is -0.151. The number of amides is 1. The van der Waals surface area contributed by atoms with E-state index in [1.807, 2.05) is 34.9 Å². The summed E-state index contributed by atoms with van der Waals surface area (Å²) in [5.41, 5.74) is 1.17. The van der Waals surface area contributed by atoms with Crippen LogP contribution >= 0.6 is 11.8 Å². The van der Waals surface area contributed by atoms with Crippen molar-refractivity contribution in [3.63, 3.8) is 0 Å². The summed E-state index contributed by atoms with van der Waals surface area (Å²) in [6.07, 6.45) is 0.828. The fraction of sp³-hybridized carbons (Fsp3) is 0.517. The van der Waals surface area contributed by atoms with Crippen LogP contribution in [0.15, 0.2) is 53.4 Å². The van der Waals surface area contributed by atoms with Gasteiger partial charge in [0.2, 0.25) is 0 Å². The number of hydrogen-bond acceptors (Lipinski definition) is 9. The summed E-state index contributed by atoms with van der Waals surface area (Å²) >= 11 is 1.32. The minimum atomic E-state index is -4.40. The molecule has 220 valence electrons. The predicted octanol–water partition coefficient (Wildman–Crippen LogP) is 3.46. The van der Waals surface area contributed by atoms with Crippen LogP contribution in [0, 0.1) is 6.92 Å². The first kappa shape index (κ1) is 31.9. The van der Waals surface area contributed by atoms with Crippen LogP contribution in [0.5, 0.6) is 5.75 Å². The third-order valence-electron chi connectivity index (χ3n) is 6.36. The molecular weight excluding hydrogens is 550 g/mol. The van der Waals surface area contributed by atoms with Crippen molar-refractivity contribution in [2.75, 3.05) is 39.6 Å². The first-order valence-corrected chi connectivity index (χ1v) is 15.9. The third kappa shape index (κ3) is 8.45. The fourth-order valence-electron chi connectivity index (χ4n) is 4.26. The number of rotatable bonds is 13. The zero-order chi connectivity index (χ0) is 29.5. The van der Waals surface area contributed by atoms with E-state index < -0.39 is 33.3 Å². The number of carbonyl (C=O) groups excluding carboxylic acids is 2. The normalized spacial score (nSPS) is 17.4. The maximum atomic E-state index is 14.0. The molecule has 3 rings (SSSR count). The number of sulfonamides is 1. The second-order valence-electron chi connectivity index (χ2n) is 10.8. The van der Waals surface area contributed by atoms with Gasteiger partial charge in [0, 0.05) is 24.3 Å². The van der Waals surface area contributed by atoms with E-state index in [0.717, 1.165) is 22.8 Å². The lowest BCUT2D eigenvalue weighted by Crippen LogP contribution is -2.56. The summed E-state index contributed by atoms with van der Waals surface area (Å²) < 4.78 is 39.9. The number of carbonyl (C=O) groups is 2. The number of thioether (sulfide) groups is 1. The standard InChI is InChI=1S/C29H41N3O6S2/c1-7-37-28(34)25(19-22-11-13-23(14-12-22)38-18-8-17-31(5)6)32(27(33)26-30-29(3,4)20-39-26)40(35,36)24-15-9-21(2)10-16-24/h9-16,25-26,30H,7-8,17-20H2,1-6H3/t25-,26-/m0/s1. The zero-order valence-electron chi connectivity index (χ0n) is 24.2. The van der Waals surface area contributed by atoms with Gasteiger partial charge in [-0.1, -0.05) is 29.8 Å². The lowest BCUT2D eigenvalue weighted by atomic mass is 10.1. The molecule has 2 aromatic rings. The van der Waals surface area contributed by atoms with E-state index in [-0.39, 0.29) is 23.5 Å². The van der Waals surface area contributed by atoms with Crippen LogP contribution in [0.2, 0.25) is 0 Å². The highest BCUT2D eigenvalue weighted by Crippen LogP contribution is 2.31. The number of hydrogen-bond donors (Lipinski definition) is 1. The van der Waals surface area contributed by atoms with Gasteiger partial charge in [-0.25, -0.2) is 17.5 Å². The van der Waals surface area contributed by atoms with E-state index >= 15 is 0 Å². The van der Waals surface area contributed by atoms with E-state index in [4.69, 9.17) is 9.47 Å². The third-order valence-corrected chi connectivity index (χ3v) is 9.73. The molecule has 2 atom stereocenters. The number of benzene rings is 2. The molecule has 0 saturated carbocycles. The molecule has 40 heavy (non-hydrogen) atoms. The Morgan fingerprint density at radius 3 is 2.30 bits per heavy atom. The van der Waals surface area contributed by atoms with Crippen molar-refractivity contribution in [2.24, 2.45) is 0 Å². The molecular formula is C29H41N3O6S2. The maximum Gasteiger partial charge on any atom is 0.330 e. The van der Waals surface area contributed by atoms with Gasteiger partial charge in [-0.2, -0.15) is 0 Å². The average Bonchev–Trinajstić information content (AvgIpc) is 3.26. The Morgan fingerprint density at radius 2 is 1.75 bits per heavy atom. The summed E-state index contributed by atoms with van der Waals surface area (Å²) in [4.78, 5) is 29.3. The first-order valence-electron chi connectivity index (χ1n) is 13.4. The SMILES string of the molecule is CCOC(=O)[C@H](Cc1ccc(OCCCN(C)C)cc1)N(C(=O)[C@H]1NC(C)(C)CS1)S(=O)(=O)c1ccc(C)cc1. The van der Waals surface area contributed by atoms with Crippen molar-refractivity contribution >= 4 is 33.7 Å². The molecule has 0 spiro atoms. The Morgan fingerprint density at radius 1 is 1.10 bits per heavy atom. The van der Waals surface area contributed by atoms with Crippen molar-refractivity contribution in [1.82, 2.24) is 14.5 Å². The Hall–Kier alpha value is -2.60. The molecule has 2 aromatic carbocycles. The van der Waals surface area contributed by atoms with Crippen LogP contribution in [0.4, 0.5) is 0 Å². The number of ether oxygens (including phenoxy) is 2. The number of esters is 1. The summed E-state index contributed by atoms with van der Waals surface area (Å²) in [5.74, 6) is -0.195. The summed E-state index contributed by atoms with van der Waals surface area (Å²) in [6.45, 7) is 8.89. The molecule has 0 bridgehead atoms. The Bertz CT molecular complexity index is 1250. The van der Waals surface area contributed by atoms with Gasteiger partial charge in [0.25, 0.3) is 15.9 Å². The number of nitrogens with zero attached hydrogens (tertiary/aromatic N) is 2. The quantitative estimate of drug-likeness (QED) is 0.277. The molecule has 0 aromatic heterocycles. The highest BCUT2D eigenvalue weighted by atomic mass is 32.2. The second-order valence-corrected chi connectivity index (χ2v) is 13.7. The minimum Gasteiger partial charge on any atom is -0.494 e. The van der Waals surface area contributed by atoms with Gasteiger partial charge in [-0.3, -0.25) is 10.1 Å². The predicted molar refractivity (Wildman–Crippen MR) is 158 cm³/mol. The van der Waals surface area contributed by atoms with Gasteiger partial charge in [-0.15, -0.1) is 11.8 Å². The number of aryl methyl sites for hydroxylation is 1. The van der Waals surface area contributed by atoms with Gasteiger partial charge in [0.05, 0.1) is 18.1 Å². The molecule has 1 amide bonds. The molecule has 9 nitrogen and oxygen atoms in total. The van der Waals surface area contributed by atoms with Crippen LogP contribution in [0.25, 0.3) is 0 Å². The topological polar surface area (TPSA) is 105 Å². The Balaban J connectivity index is 1.95. The molecule has 1 aliphatic rings. The molecule has 0 radical (unpaired) electrons. The van der Waals surface area contributed by atoms with Crippen molar-refractivity contribution in [3.8, 4) is 5.75 Å². The highest BCUT2D eigenvalue weighted by molar-refractivity contribution is 8.01. The van der Waals surface area contributed by atoms with Crippen molar-refractivity contribution in [3.05, 3.63) is 59.7 Å². The molecule has 1 aliphatic heterocycles. The van der Waals surface area contributed by atoms with Crippen LogP contribution < -0.4 is 10.1 Å². The van der Waals surface area contributed by atoms with Crippen LogP contribution in [-0.4, -0.2) is 86.1 Å². The van der Waals surface area contributed by atoms with E-state index in [1.54, 1.807) is 43.3 Å². The number of nitrogens with one attached hydrogen (secondary N) is 1.